The van der Waals surface area contributed by atoms with Crippen LogP contribution in [0.15, 0.2) is 39.9 Å². The fourth-order valence-electron chi connectivity index (χ4n) is 2.09. The van der Waals surface area contributed by atoms with E-state index in [1.807, 2.05) is 13.8 Å². The first-order chi connectivity index (χ1) is 10.4. The quantitative estimate of drug-likeness (QED) is 0.798. The fourth-order valence-corrected chi connectivity index (χ4v) is 3.09. The van der Waals surface area contributed by atoms with Gasteiger partial charge in [-0.2, -0.15) is 5.10 Å². The summed E-state index contributed by atoms with van der Waals surface area (Å²) >= 11 is 0. The first-order valence-electron chi connectivity index (χ1n) is 6.80. The van der Waals surface area contributed by atoms with Gasteiger partial charge < -0.3 is 4.42 Å². The molecule has 0 fully saturated rings. The second kappa shape index (κ2) is 5.13. The average Bonchev–Trinajstić information content (AvgIpc) is 3.04. The zero-order valence-corrected chi connectivity index (χ0v) is 13.3. The summed E-state index contributed by atoms with van der Waals surface area (Å²) in [5.41, 5.74) is 1.40. The van der Waals surface area contributed by atoms with Crippen LogP contribution in [0.4, 0.5) is 5.69 Å². The number of rotatable bonds is 4. The number of oxazole rings is 1. The number of anilines is 1. The van der Waals surface area contributed by atoms with E-state index in [1.165, 1.54) is 12.4 Å². The number of aryl methyl sites for hydroxylation is 1. The highest BCUT2D eigenvalue weighted by Gasteiger charge is 2.19. The molecule has 0 radical (unpaired) electrons. The molecule has 0 amide bonds. The molecule has 0 aliphatic heterocycles. The summed E-state index contributed by atoms with van der Waals surface area (Å²) in [6, 6.07) is 5.19. The summed E-state index contributed by atoms with van der Waals surface area (Å²) in [4.78, 5) is 4.32. The van der Waals surface area contributed by atoms with Crippen LogP contribution in [0, 0.1) is 6.92 Å². The lowest BCUT2D eigenvalue weighted by molar-refractivity contribution is 0.531. The predicted molar refractivity (Wildman–Crippen MR) is 82.2 cm³/mol. The molecule has 0 saturated heterocycles. The largest absolute Gasteiger partial charge is 0.441 e. The summed E-state index contributed by atoms with van der Waals surface area (Å²) in [7, 11) is -3.72. The second-order valence-electron chi connectivity index (χ2n) is 5.24. The third-order valence-corrected chi connectivity index (χ3v) is 4.51. The van der Waals surface area contributed by atoms with Crippen molar-refractivity contribution in [2.75, 3.05) is 4.72 Å². The maximum Gasteiger partial charge on any atom is 0.265 e. The van der Waals surface area contributed by atoms with Gasteiger partial charge in [0.2, 0.25) is 0 Å². The van der Waals surface area contributed by atoms with Gasteiger partial charge in [-0.3, -0.25) is 9.40 Å². The fraction of sp³-hybridized carbons (Fsp3) is 0.286. The van der Waals surface area contributed by atoms with Gasteiger partial charge in [-0.25, -0.2) is 13.4 Å². The Morgan fingerprint density at radius 3 is 2.77 bits per heavy atom. The van der Waals surface area contributed by atoms with Gasteiger partial charge in [-0.05, 0) is 26.0 Å². The molecule has 0 aliphatic carbocycles. The zero-order chi connectivity index (χ0) is 15.9. The van der Waals surface area contributed by atoms with E-state index < -0.39 is 10.0 Å². The number of fused-ring (bicyclic) bond motifs is 1. The first-order valence-corrected chi connectivity index (χ1v) is 8.28. The zero-order valence-electron chi connectivity index (χ0n) is 12.4. The number of hydrogen-bond donors (Lipinski definition) is 1. The molecule has 8 heteroatoms. The maximum absolute atomic E-state index is 12.5. The van der Waals surface area contributed by atoms with Gasteiger partial charge in [0, 0.05) is 19.2 Å². The number of para-hydroxylation sites is 1. The van der Waals surface area contributed by atoms with Crippen molar-refractivity contribution in [2.45, 2.75) is 31.7 Å². The van der Waals surface area contributed by atoms with Crippen LogP contribution in [0.2, 0.25) is 0 Å². The Bertz CT molecular complexity index is 925. The Morgan fingerprint density at radius 2 is 2.09 bits per heavy atom. The number of benzene rings is 1. The van der Waals surface area contributed by atoms with Crippen molar-refractivity contribution in [3.05, 3.63) is 36.5 Å². The molecule has 0 aliphatic rings. The van der Waals surface area contributed by atoms with Crippen molar-refractivity contribution in [3.8, 4) is 0 Å². The average molecular weight is 320 g/mol. The van der Waals surface area contributed by atoms with E-state index in [0.717, 1.165) is 0 Å². The van der Waals surface area contributed by atoms with Crippen LogP contribution >= 0.6 is 0 Å². The van der Waals surface area contributed by atoms with Gasteiger partial charge in [0.25, 0.3) is 10.0 Å². The van der Waals surface area contributed by atoms with E-state index in [1.54, 1.807) is 29.8 Å². The minimum Gasteiger partial charge on any atom is -0.441 e. The van der Waals surface area contributed by atoms with Crippen LogP contribution < -0.4 is 4.72 Å². The predicted octanol–water partition coefficient (Wildman–Crippen LogP) is 2.71. The molecule has 1 N–H and O–H groups in total. The lowest BCUT2D eigenvalue weighted by Gasteiger charge is -2.06. The van der Waals surface area contributed by atoms with Crippen molar-refractivity contribution >= 4 is 26.8 Å². The third-order valence-electron chi connectivity index (χ3n) is 3.19. The molecule has 7 nitrogen and oxygen atoms in total. The molecule has 0 saturated carbocycles. The number of nitrogens with zero attached hydrogens (tertiary/aromatic N) is 3. The number of sulfonamides is 1. The van der Waals surface area contributed by atoms with Gasteiger partial charge in [0.05, 0.1) is 11.9 Å². The lowest BCUT2D eigenvalue weighted by Crippen LogP contribution is -2.12. The van der Waals surface area contributed by atoms with Crippen molar-refractivity contribution < 1.29 is 12.8 Å². The minimum absolute atomic E-state index is 0.0885. The molecule has 0 atom stereocenters. The van der Waals surface area contributed by atoms with E-state index in [2.05, 4.69) is 14.8 Å². The smallest absolute Gasteiger partial charge is 0.265 e. The van der Waals surface area contributed by atoms with Crippen LogP contribution in [0.5, 0.6) is 0 Å². The summed E-state index contributed by atoms with van der Waals surface area (Å²) < 4.78 is 34.5. The lowest BCUT2D eigenvalue weighted by atomic mass is 10.3. The molecule has 1 aromatic carbocycles. The summed E-state index contributed by atoms with van der Waals surface area (Å²) in [6.07, 6.45) is 2.83. The van der Waals surface area contributed by atoms with Crippen molar-refractivity contribution in [3.63, 3.8) is 0 Å². The summed E-state index contributed by atoms with van der Waals surface area (Å²) in [5, 5.41) is 4.05. The highest BCUT2D eigenvalue weighted by Crippen LogP contribution is 2.25. The van der Waals surface area contributed by atoms with Crippen LogP contribution in [0.1, 0.15) is 25.8 Å². The van der Waals surface area contributed by atoms with Crippen molar-refractivity contribution in [1.29, 1.82) is 0 Å². The monoisotopic (exact) mass is 320 g/mol. The van der Waals surface area contributed by atoms with Gasteiger partial charge in [-0.1, -0.05) is 6.07 Å². The molecule has 22 heavy (non-hydrogen) atoms. The molecule has 0 unspecified atom stereocenters. The molecule has 0 bridgehead atoms. The van der Waals surface area contributed by atoms with Crippen LogP contribution in [0.3, 0.4) is 0 Å². The van der Waals surface area contributed by atoms with Crippen LogP contribution in [-0.2, 0) is 10.0 Å². The first kappa shape index (κ1) is 14.6. The molecular formula is C14H16N4O3S. The Labute approximate surface area is 128 Å². The Balaban J connectivity index is 1.99. The van der Waals surface area contributed by atoms with Crippen LogP contribution in [-0.4, -0.2) is 23.2 Å². The molecule has 2 aromatic heterocycles. The van der Waals surface area contributed by atoms with E-state index >= 15 is 0 Å². The highest BCUT2D eigenvalue weighted by atomic mass is 32.2. The second-order valence-corrected chi connectivity index (χ2v) is 6.92. The molecule has 0 spiro atoms. The maximum atomic E-state index is 12.5. The third kappa shape index (κ3) is 2.57. The number of nitrogens with one attached hydrogen (secondary N) is 1. The molecule has 2 heterocycles. The summed E-state index contributed by atoms with van der Waals surface area (Å²) in [5.74, 6) is 0.481. The van der Waals surface area contributed by atoms with Crippen molar-refractivity contribution in [1.82, 2.24) is 14.8 Å². The SMILES string of the molecule is Cc1nc2c(NS(=O)(=O)c3cnn(C(C)C)c3)cccc2o1. The van der Waals surface area contributed by atoms with Gasteiger partial charge in [-0.15, -0.1) is 0 Å². The Kier molecular flexibility index (Phi) is 3.40. The number of hydrogen-bond acceptors (Lipinski definition) is 5. The van der Waals surface area contributed by atoms with Crippen molar-refractivity contribution in [2.24, 2.45) is 0 Å². The van der Waals surface area contributed by atoms with Crippen LogP contribution in [0.25, 0.3) is 11.1 Å². The van der Waals surface area contributed by atoms with Gasteiger partial charge in [0.15, 0.2) is 11.5 Å². The van der Waals surface area contributed by atoms with Gasteiger partial charge >= 0.3 is 0 Å². The summed E-state index contributed by atoms with van der Waals surface area (Å²) in [6.45, 7) is 5.57. The number of aromatic nitrogens is 3. The molecular weight excluding hydrogens is 304 g/mol. The van der Waals surface area contributed by atoms with E-state index in [0.29, 0.717) is 22.7 Å². The molecule has 3 rings (SSSR count). The van der Waals surface area contributed by atoms with E-state index in [9.17, 15) is 8.42 Å². The molecule has 116 valence electrons. The van der Waals surface area contributed by atoms with E-state index in [-0.39, 0.29) is 10.9 Å². The van der Waals surface area contributed by atoms with E-state index in [4.69, 9.17) is 4.42 Å². The normalized spacial score (nSPS) is 12.2. The molecule has 3 aromatic rings. The Hall–Kier alpha value is -2.35. The highest BCUT2D eigenvalue weighted by molar-refractivity contribution is 7.92. The topological polar surface area (TPSA) is 90.0 Å². The minimum atomic E-state index is -3.72. The standard InChI is InChI=1S/C14H16N4O3S/c1-9(2)18-8-11(7-15-18)22(19,20)17-12-5-4-6-13-14(12)16-10(3)21-13/h4-9,17H,1-3H3. The Morgan fingerprint density at radius 1 is 1.32 bits per heavy atom. The van der Waals surface area contributed by atoms with Gasteiger partial charge in [0.1, 0.15) is 10.4 Å².